The molecule has 1 aromatic rings. The van der Waals surface area contributed by atoms with Gasteiger partial charge >= 0.3 is 0 Å². The van der Waals surface area contributed by atoms with E-state index in [1.807, 2.05) is 12.1 Å². The van der Waals surface area contributed by atoms with E-state index in [1.165, 1.54) is 29.8 Å². The third-order valence-corrected chi connectivity index (χ3v) is 5.83. The number of benzene rings is 1. The highest BCUT2D eigenvalue weighted by molar-refractivity contribution is 5.81. The van der Waals surface area contributed by atoms with Crippen molar-refractivity contribution in [3.63, 3.8) is 0 Å². The lowest BCUT2D eigenvalue weighted by molar-refractivity contribution is -0.986. The van der Waals surface area contributed by atoms with Crippen LogP contribution in [-0.4, -0.2) is 45.6 Å². The second-order valence-electron chi connectivity index (χ2n) is 7.36. The Hall–Kier alpha value is -0.810. The number of carbonyl (C=O) groups is 1. The maximum absolute atomic E-state index is 12.4. The molecule has 1 aliphatic carbocycles. The minimum atomic E-state index is 0. The van der Waals surface area contributed by atoms with Gasteiger partial charge in [-0.1, -0.05) is 31.4 Å². The Morgan fingerprint density at radius 2 is 1.69 bits per heavy atom. The second kappa shape index (κ2) is 11.8. The highest BCUT2D eigenvalue weighted by Gasteiger charge is 2.28. The van der Waals surface area contributed by atoms with Gasteiger partial charge in [0, 0.05) is 12.0 Å². The van der Waals surface area contributed by atoms with Crippen LogP contribution in [-0.2, 0) is 4.79 Å². The quantitative estimate of drug-likeness (QED) is 0.498. The first kappa shape index (κ1) is 23.2. The van der Waals surface area contributed by atoms with Gasteiger partial charge < -0.3 is 34.5 Å². The van der Waals surface area contributed by atoms with Gasteiger partial charge in [-0.05, 0) is 18.9 Å². The van der Waals surface area contributed by atoms with Crippen LogP contribution in [0.1, 0.15) is 38.5 Å². The topological polar surface area (TPSA) is 35.2 Å². The first-order valence-corrected chi connectivity index (χ1v) is 9.62. The molecule has 1 heterocycles. The fourth-order valence-corrected chi connectivity index (χ4v) is 4.29. The molecule has 0 spiro atoms. The zero-order chi connectivity index (χ0) is 16.8. The Bertz CT molecular complexity index is 542. The maximum Gasteiger partial charge on any atom is 0.179 e. The molecule has 148 valence electrons. The largest absolute Gasteiger partial charge is 1.00 e. The Morgan fingerprint density at radius 3 is 2.35 bits per heavy atom. The molecule has 4 nitrogen and oxygen atoms in total. The molecule has 0 radical (unpaired) electrons. The molecule has 2 N–H and O–H groups in total. The van der Waals surface area contributed by atoms with Gasteiger partial charge in [0.15, 0.2) is 11.4 Å². The van der Waals surface area contributed by atoms with Crippen LogP contribution in [0.2, 0.25) is 0 Å². The summed E-state index contributed by atoms with van der Waals surface area (Å²) in [5, 5.41) is 0. The van der Waals surface area contributed by atoms with Crippen LogP contribution in [0.25, 0.3) is 0 Å². The number of para-hydroxylation sites is 2. The summed E-state index contributed by atoms with van der Waals surface area (Å²) in [7, 11) is 1.75. The van der Waals surface area contributed by atoms with Crippen LogP contribution in [0.3, 0.4) is 0 Å². The predicted octanol–water partition coefficient (Wildman–Crippen LogP) is -5.34. The van der Waals surface area contributed by atoms with E-state index in [2.05, 4.69) is 12.1 Å². The van der Waals surface area contributed by atoms with Crippen molar-refractivity contribution in [3.05, 3.63) is 24.3 Å². The zero-order valence-electron chi connectivity index (χ0n) is 15.7. The van der Waals surface area contributed by atoms with E-state index in [1.54, 1.807) is 12.0 Å². The number of ketones is 1. The first-order chi connectivity index (χ1) is 11.8. The van der Waals surface area contributed by atoms with Crippen molar-refractivity contribution < 1.29 is 44.1 Å². The summed E-state index contributed by atoms with van der Waals surface area (Å²) in [6.45, 7) is 5.55. The molecule has 0 aromatic heterocycles. The maximum atomic E-state index is 12.4. The second-order valence-corrected chi connectivity index (χ2v) is 7.36. The SMILES string of the molecule is COc1ccccc1[NH+]1CC[NH+](CCC(=O)C2CCCCC2)CC1.[Cl-].[Cl-]. The number of methoxy groups -OCH3 is 1. The molecular formula is C20H32Cl2N2O2. The summed E-state index contributed by atoms with van der Waals surface area (Å²) in [5.41, 5.74) is 1.28. The highest BCUT2D eigenvalue weighted by atomic mass is 35.5. The molecule has 6 heteroatoms. The standard InChI is InChI=1S/C20H30N2O2.2ClH/c1-24-20-10-6-5-9-18(20)22-15-13-21(14-16-22)12-11-19(23)17-7-3-2-4-8-17;;/h5-6,9-10,17H,2-4,7-8,11-16H2,1H3;2*1H. The van der Waals surface area contributed by atoms with Gasteiger partial charge in [0.25, 0.3) is 0 Å². The molecule has 1 aliphatic heterocycles. The summed E-state index contributed by atoms with van der Waals surface area (Å²) in [4.78, 5) is 15.5. The Balaban J connectivity index is 0.00000169. The van der Waals surface area contributed by atoms with Crippen molar-refractivity contribution in [2.75, 3.05) is 39.8 Å². The van der Waals surface area contributed by atoms with E-state index in [9.17, 15) is 4.79 Å². The molecule has 1 saturated heterocycles. The van der Waals surface area contributed by atoms with Gasteiger partial charge in [0.1, 0.15) is 32.0 Å². The van der Waals surface area contributed by atoms with E-state index in [0.29, 0.717) is 11.7 Å². The van der Waals surface area contributed by atoms with Crippen molar-refractivity contribution in [1.29, 1.82) is 0 Å². The van der Waals surface area contributed by atoms with E-state index < -0.39 is 0 Å². The van der Waals surface area contributed by atoms with Gasteiger partial charge in [0.2, 0.25) is 0 Å². The molecule has 26 heavy (non-hydrogen) atoms. The van der Waals surface area contributed by atoms with Crippen molar-refractivity contribution in [3.8, 4) is 5.75 Å². The van der Waals surface area contributed by atoms with Gasteiger partial charge in [0.05, 0.1) is 20.1 Å². The zero-order valence-corrected chi connectivity index (χ0v) is 17.2. The smallest absolute Gasteiger partial charge is 0.179 e. The lowest BCUT2D eigenvalue weighted by Gasteiger charge is -2.30. The summed E-state index contributed by atoms with van der Waals surface area (Å²) < 4.78 is 5.50. The van der Waals surface area contributed by atoms with Crippen LogP contribution in [0.5, 0.6) is 5.75 Å². The normalized spacial score (nSPS) is 23.4. The lowest BCUT2D eigenvalue weighted by atomic mass is 9.85. The van der Waals surface area contributed by atoms with Gasteiger partial charge in [-0.3, -0.25) is 9.69 Å². The molecule has 3 rings (SSSR count). The Labute approximate surface area is 170 Å². The summed E-state index contributed by atoms with van der Waals surface area (Å²) >= 11 is 0. The molecule has 1 aromatic carbocycles. The molecule has 0 amide bonds. The summed E-state index contributed by atoms with van der Waals surface area (Å²) in [6, 6.07) is 8.34. The number of hydrogen-bond donors (Lipinski definition) is 2. The van der Waals surface area contributed by atoms with Gasteiger partial charge in [-0.15, -0.1) is 0 Å². The number of piperazine rings is 1. The molecule has 2 aliphatic rings. The minimum absolute atomic E-state index is 0. The van der Waals surface area contributed by atoms with Crippen LogP contribution in [0.15, 0.2) is 24.3 Å². The Morgan fingerprint density at radius 1 is 1.04 bits per heavy atom. The summed E-state index contributed by atoms with van der Waals surface area (Å²) in [6.07, 6.45) is 6.89. The van der Waals surface area contributed by atoms with E-state index >= 15 is 0 Å². The number of carbonyl (C=O) groups excluding carboxylic acids is 1. The molecular weight excluding hydrogens is 371 g/mol. The fourth-order valence-electron chi connectivity index (χ4n) is 4.29. The molecule has 0 bridgehead atoms. The third-order valence-electron chi connectivity index (χ3n) is 5.83. The molecule has 0 atom stereocenters. The average Bonchev–Trinajstić information content (AvgIpc) is 2.67. The third kappa shape index (κ3) is 6.12. The number of rotatable bonds is 6. The van der Waals surface area contributed by atoms with Crippen LogP contribution in [0, 0.1) is 5.92 Å². The van der Waals surface area contributed by atoms with Crippen LogP contribution < -0.4 is 39.4 Å². The number of ether oxygens (including phenoxy) is 1. The van der Waals surface area contributed by atoms with Gasteiger partial charge in [-0.25, -0.2) is 0 Å². The van der Waals surface area contributed by atoms with E-state index in [4.69, 9.17) is 4.74 Å². The number of Topliss-reactive ketones (excluding diaryl/α,β-unsaturated/α-hetero) is 1. The predicted molar refractivity (Wildman–Crippen MR) is 95.1 cm³/mol. The number of quaternary nitrogens is 2. The van der Waals surface area contributed by atoms with Crippen LogP contribution >= 0.6 is 0 Å². The lowest BCUT2D eigenvalue weighted by Crippen LogP contribution is -3.26. The van der Waals surface area contributed by atoms with Crippen LogP contribution in [0.4, 0.5) is 5.69 Å². The van der Waals surface area contributed by atoms with Crippen molar-refractivity contribution in [1.82, 2.24) is 0 Å². The first-order valence-electron chi connectivity index (χ1n) is 9.62. The van der Waals surface area contributed by atoms with Crippen molar-refractivity contribution >= 4 is 11.5 Å². The number of halogens is 2. The highest BCUT2D eigenvalue weighted by Crippen LogP contribution is 2.25. The van der Waals surface area contributed by atoms with Gasteiger partial charge in [-0.2, -0.15) is 0 Å². The number of nitrogens with one attached hydrogen (secondary N) is 2. The average molecular weight is 403 g/mol. The Kier molecular flexibility index (Phi) is 10.6. The minimum Gasteiger partial charge on any atom is -1.00 e. The molecule has 0 unspecified atom stereocenters. The molecule has 1 saturated carbocycles. The van der Waals surface area contributed by atoms with E-state index in [-0.39, 0.29) is 24.8 Å². The monoisotopic (exact) mass is 402 g/mol. The van der Waals surface area contributed by atoms with Crippen molar-refractivity contribution in [2.45, 2.75) is 38.5 Å². The number of hydrogen-bond acceptors (Lipinski definition) is 2. The van der Waals surface area contributed by atoms with Crippen molar-refractivity contribution in [2.24, 2.45) is 5.92 Å². The fraction of sp³-hybridized carbons (Fsp3) is 0.650. The summed E-state index contributed by atoms with van der Waals surface area (Å²) in [5.74, 6) is 1.89. The van der Waals surface area contributed by atoms with E-state index in [0.717, 1.165) is 57.7 Å². The molecule has 2 fully saturated rings.